The molecule has 0 saturated heterocycles. The molecule has 64 heavy (non-hydrogen) atoms. The number of amides is 2. The van der Waals surface area contributed by atoms with Crippen molar-refractivity contribution in [1.82, 2.24) is 9.97 Å². The summed E-state index contributed by atoms with van der Waals surface area (Å²) in [5.41, 5.74) is 11.4. The van der Waals surface area contributed by atoms with Crippen LogP contribution in [0, 0.1) is 27.2 Å². The molecular formula is C44H62BrN7O12. The normalized spacial score (nSPS) is 9.45. The van der Waals surface area contributed by atoms with Gasteiger partial charge >= 0.3 is 17.4 Å². The standard InChI is InChI=1S/C15H18N4O3.C9H11NO4.C9H13NO2.C8H8BrNO3.3CH4/c1-10-7-17-14(8-16-10)19-15(20)18-12-5-4-11(9-21-2)6-13(12)22-3;1-13-6-7-3-4-8(10(11)12)9(5-7)14-2;1-11-6-7-3-4-8(10)9(5-7)12-2;1-13-8-4-6(5-9)2-3-7(8)10(11)12;;;/h4-8H,9H2,1-3H3,(H2,17,18,19,20);3-5H,6H2,1-2H3;3-5H,6,10H2,1-2H3;2-4H,5H2,1H3;3*1H4. The molecule has 4 aromatic carbocycles. The number of aromatic nitrogens is 2. The van der Waals surface area contributed by atoms with Crippen molar-refractivity contribution in [3.8, 4) is 23.0 Å². The van der Waals surface area contributed by atoms with Crippen molar-refractivity contribution in [3.63, 3.8) is 0 Å². The predicted molar refractivity (Wildman–Crippen MR) is 254 cm³/mol. The third-order valence-electron chi connectivity index (χ3n) is 7.80. The monoisotopic (exact) mass is 959 g/mol. The minimum absolute atomic E-state index is 0. The molecule has 5 aromatic rings. The first-order valence-electron chi connectivity index (χ1n) is 17.9. The second kappa shape index (κ2) is 32.1. The van der Waals surface area contributed by atoms with Crippen LogP contribution in [0.2, 0.25) is 0 Å². The van der Waals surface area contributed by atoms with E-state index >= 15 is 0 Å². The second-order valence-electron chi connectivity index (χ2n) is 12.2. The molecule has 1 heterocycles. The Kier molecular flexibility index (Phi) is 29.9. The number of benzene rings is 4. The average molecular weight is 961 g/mol. The Bertz CT molecular complexity index is 2160. The fourth-order valence-electron chi connectivity index (χ4n) is 4.92. The molecule has 0 aliphatic heterocycles. The zero-order chi connectivity index (χ0) is 45.3. The number of hydrogen-bond donors (Lipinski definition) is 3. The van der Waals surface area contributed by atoms with Gasteiger partial charge in [0, 0.05) is 38.8 Å². The number of halogens is 1. The molecular weight excluding hydrogens is 898 g/mol. The summed E-state index contributed by atoms with van der Waals surface area (Å²) in [5, 5.41) is 27.0. The minimum Gasteiger partial charge on any atom is -0.495 e. The number of nitro groups is 2. The van der Waals surface area contributed by atoms with E-state index in [0.29, 0.717) is 59.6 Å². The van der Waals surface area contributed by atoms with Gasteiger partial charge in [0.2, 0.25) is 0 Å². The third-order valence-corrected chi connectivity index (χ3v) is 8.45. The molecule has 0 radical (unpaired) electrons. The number of aryl methyl sites for hydroxylation is 1. The van der Waals surface area contributed by atoms with E-state index in [2.05, 4.69) is 36.5 Å². The Morgan fingerprint density at radius 3 is 1.45 bits per heavy atom. The quantitative estimate of drug-likeness (QED) is 0.0382. The molecule has 0 fully saturated rings. The molecule has 2 amide bonds. The molecule has 352 valence electrons. The van der Waals surface area contributed by atoms with Crippen LogP contribution < -0.4 is 35.3 Å². The summed E-state index contributed by atoms with van der Waals surface area (Å²) in [6.45, 7) is 3.29. The Labute approximate surface area is 384 Å². The summed E-state index contributed by atoms with van der Waals surface area (Å²) in [4.78, 5) is 40.2. The summed E-state index contributed by atoms with van der Waals surface area (Å²) in [7, 11) is 10.8. The maximum absolute atomic E-state index is 12.0. The smallest absolute Gasteiger partial charge is 0.324 e. The molecule has 1 aromatic heterocycles. The number of rotatable bonds is 15. The Balaban J connectivity index is 0. The van der Waals surface area contributed by atoms with Gasteiger partial charge in [-0.05, 0) is 71.6 Å². The van der Waals surface area contributed by atoms with E-state index in [-0.39, 0.29) is 39.4 Å². The average Bonchev–Trinajstić information content (AvgIpc) is 3.26. The number of carbonyl (C=O) groups excluding carboxylic acids is 1. The number of ether oxygens (including phenoxy) is 7. The molecule has 19 nitrogen and oxygen atoms in total. The van der Waals surface area contributed by atoms with Crippen molar-refractivity contribution >= 4 is 50.5 Å². The summed E-state index contributed by atoms with van der Waals surface area (Å²) in [5.74, 6) is 2.17. The highest BCUT2D eigenvalue weighted by Crippen LogP contribution is 2.29. The van der Waals surface area contributed by atoms with E-state index in [4.69, 9.17) is 38.9 Å². The van der Waals surface area contributed by atoms with Crippen LogP contribution in [0.1, 0.15) is 50.2 Å². The Morgan fingerprint density at radius 2 is 1.03 bits per heavy atom. The topological polar surface area (TPSA) is 244 Å². The Hall–Kier alpha value is -6.61. The molecule has 0 unspecified atom stereocenters. The molecule has 0 aliphatic rings. The number of carbonyl (C=O) groups is 1. The van der Waals surface area contributed by atoms with Gasteiger partial charge in [0.25, 0.3) is 0 Å². The number of nitrogens with one attached hydrogen (secondary N) is 2. The maximum atomic E-state index is 12.0. The zero-order valence-corrected chi connectivity index (χ0v) is 36.6. The van der Waals surface area contributed by atoms with Gasteiger partial charge in [-0.15, -0.1) is 0 Å². The van der Waals surface area contributed by atoms with Gasteiger partial charge in [0.15, 0.2) is 17.3 Å². The van der Waals surface area contributed by atoms with Gasteiger partial charge in [0.05, 0.1) is 87.6 Å². The van der Waals surface area contributed by atoms with Crippen molar-refractivity contribution in [2.75, 3.05) is 66.1 Å². The maximum Gasteiger partial charge on any atom is 0.324 e. The number of nitrogens with zero attached hydrogens (tertiary/aromatic N) is 4. The van der Waals surface area contributed by atoms with Crippen LogP contribution >= 0.6 is 15.9 Å². The lowest BCUT2D eigenvalue weighted by atomic mass is 10.2. The number of methoxy groups -OCH3 is 7. The van der Waals surface area contributed by atoms with E-state index in [0.717, 1.165) is 27.9 Å². The number of anilines is 3. The number of urea groups is 1. The van der Waals surface area contributed by atoms with Crippen molar-refractivity contribution in [2.24, 2.45) is 0 Å². The molecule has 0 atom stereocenters. The summed E-state index contributed by atoms with van der Waals surface area (Å²) >= 11 is 3.26. The van der Waals surface area contributed by atoms with Crippen molar-refractivity contribution < 1.29 is 47.8 Å². The number of nitro benzene ring substituents is 2. The van der Waals surface area contributed by atoms with Gasteiger partial charge in [-0.1, -0.05) is 56.4 Å². The van der Waals surface area contributed by atoms with Crippen LogP contribution in [0.15, 0.2) is 85.2 Å². The van der Waals surface area contributed by atoms with E-state index < -0.39 is 15.9 Å². The van der Waals surface area contributed by atoms with E-state index in [9.17, 15) is 25.0 Å². The Morgan fingerprint density at radius 1 is 0.609 bits per heavy atom. The predicted octanol–water partition coefficient (Wildman–Crippen LogP) is 10.2. The van der Waals surface area contributed by atoms with Crippen LogP contribution in [0.25, 0.3) is 0 Å². The van der Waals surface area contributed by atoms with Gasteiger partial charge in [0.1, 0.15) is 11.5 Å². The lowest BCUT2D eigenvalue weighted by Gasteiger charge is -2.12. The fraction of sp³-hybridized carbons (Fsp3) is 0.341. The largest absolute Gasteiger partial charge is 0.495 e. The molecule has 0 spiro atoms. The van der Waals surface area contributed by atoms with Crippen LogP contribution in [0.3, 0.4) is 0 Å². The first kappa shape index (κ1) is 59.5. The molecule has 0 aliphatic carbocycles. The van der Waals surface area contributed by atoms with Gasteiger partial charge in [-0.25, -0.2) is 9.78 Å². The number of nitrogen functional groups attached to an aromatic ring is 1. The van der Waals surface area contributed by atoms with E-state index in [1.165, 1.54) is 32.5 Å². The second-order valence-corrected chi connectivity index (χ2v) is 12.8. The van der Waals surface area contributed by atoms with Crippen LogP contribution in [-0.4, -0.2) is 75.6 Å². The summed E-state index contributed by atoms with van der Waals surface area (Å²) in [6, 6.07) is 20.0. The van der Waals surface area contributed by atoms with Crippen molar-refractivity contribution in [2.45, 2.75) is 54.4 Å². The summed E-state index contributed by atoms with van der Waals surface area (Å²) in [6.07, 6.45) is 3.07. The van der Waals surface area contributed by atoms with Crippen LogP contribution in [-0.2, 0) is 39.4 Å². The van der Waals surface area contributed by atoms with Gasteiger partial charge in [-0.3, -0.25) is 30.5 Å². The van der Waals surface area contributed by atoms with Gasteiger partial charge in [-0.2, -0.15) is 0 Å². The lowest BCUT2D eigenvalue weighted by Crippen LogP contribution is -2.20. The van der Waals surface area contributed by atoms with E-state index in [1.807, 2.05) is 37.3 Å². The lowest BCUT2D eigenvalue weighted by molar-refractivity contribution is -0.385. The number of nitrogens with two attached hydrogens (primary N) is 1. The molecule has 0 saturated carbocycles. The highest BCUT2D eigenvalue weighted by atomic mass is 79.9. The first-order valence-corrected chi connectivity index (χ1v) is 19.0. The third kappa shape index (κ3) is 20.1. The highest BCUT2D eigenvalue weighted by Gasteiger charge is 2.15. The number of alkyl halides is 1. The van der Waals surface area contributed by atoms with Crippen LogP contribution in [0.4, 0.5) is 33.4 Å². The minimum atomic E-state index is -0.477. The fourth-order valence-corrected chi connectivity index (χ4v) is 5.27. The molecule has 20 heteroatoms. The zero-order valence-electron chi connectivity index (χ0n) is 35.1. The van der Waals surface area contributed by atoms with Crippen molar-refractivity contribution in [1.29, 1.82) is 0 Å². The SMILES string of the molecule is C.C.C.COCc1ccc(N)c(OC)c1.COCc1ccc(NC(=O)Nc2cnc(C)cn2)c(OC)c1.COCc1ccc([N+](=O)[O-])c(OC)c1.COc1cc(CBr)ccc1[N+](=O)[O-]. The first-order chi connectivity index (χ1) is 29.3. The van der Waals surface area contributed by atoms with Crippen LogP contribution in [0.5, 0.6) is 23.0 Å². The summed E-state index contributed by atoms with van der Waals surface area (Å²) < 4.78 is 35.0. The molecule has 4 N–H and O–H groups in total. The van der Waals surface area contributed by atoms with Crippen molar-refractivity contribution in [3.05, 3.63) is 133 Å². The molecule has 0 bridgehead atoms. The van der Waals surface area contributed by atoms with E-state index in [1.54, 1.807) is 72.1 Å². The van der Waals surface area contributed by atoms with Gasteiger partial charge < -0.3 is 44.2 Å². The number of hydrogen-bond acceptors (Lipinski definition) is 15. The molecule has 5 rings (SSSR count). The highest BCUT2D eigenvalue weighted by molar-refractivity contribution is 9.08.